The number of nitrogens with one attached hydrogen (secondary N) is 1. The molecule has 3 nitrogen and oxygen atoms in total. The largest absolute Gasteiger partial charge is 0.494 e. The van der Waals surface area contributed by atoms with Crippen LogP contribution in [-0.4, -0.2) is 24.4 Å². The minimum absolute atomic E-state index is 0.186. The maximum atomic E-state index is 9.09. The molecule has 3 heteroatoms. The Kier molecular flexibility index (Phi) is 7.46. The smallest absolute Gasteiger partial charge is 0.119 e. The Hall–Kier alpha value is -1.06. The molecule has 1 rings (SSSR count). The van der Waals surface area contributed by atoms with Crippen LogP contribution in [0.3, 0.4) is 0 Å². The average molecular weight is 251 g/mol. The molecule has 1 aromatic carbocycles. The van der Waals surface area contributed by atoms with E-state index in [0.717, 1.165) is 38.2 Å². The Labute approximate surface area is 110 Å². The van der Waals surface area contributed by atoms with E-state index in [1.807, 2.05) is 12.1 Å². The fraction of sp³-hybridized carbons (Fsp3) is 0.600. The lowest BCUT2D eigenvalue weighted by Crippen LogP contribution is -2.31. The molecule has 0 heterocycles. The van der Waals surface area contributed by atoms with Crippen molar-refractivity contribution in [2.75, 3.05) is 13.2 Å². The van der Waals surface area contributed by atoms with Crippen LogP contribution in [0.25, 0.3) is 0 Å². The molecule has 102 valence electrons. The second-order valence-electron chi connectivity index (χ2n) is 4.51. The van der Waals surface area contributed by atoms with Gasteiger partial charge in [-0.3, -0.25) is 0 Å². The van der Waals surface area contributed by atoms with Crippen molar-refractivity contribution in [1.82, 2.24) is 5.32 Å². The number of aliphatic hydroxyl groups excluding tert-OH is 1. The monoisotopic (exact) mass is 251 g/mol. The summed E-state index contributed by atoms with van der Waals surface area (Å²) >= 11 is 0. The van der Waals surface area contributed by atoms with Crippen molar-refractivity contribution in [1.29, 1.82) is 0 Å². The Morgan fingerprint density at radius 3 is 2.50 bits per heavy atom. The number of aliphatic hydroxyl groups is 1. The van der Waals surface area contributed by atoms with E-state index in [1.165, 1.54) is 5.56 Å². The van der Waals surface area contributed by atoms with Gasteiger partial charge < -0.3 is 15.2 Å². The fourth-order valence-electron chi connectivity index (χ4n) is 1.64. The van der Waals surface area contributed by atoms with E-state index >= 15 is 0 Å². The van der Waals surface area contributed by atoms with Crippen molar-refractivity contribution in [3.05, 3.63) is 29.8 Å². The normalized spacial score (nSPS) is 12.4. The van der Waals surface area contributed by atoms with Crippen molar-refractivity contribution in [2.45, 2.75) is 45.7 Å². The Balaban J connectivity index is 2.35. The first-order valence-electron chi connectivity index (χ1n) is 6.86. The molecular weight excluding hydrogens is 226 g/mol. The third kappa shape index (κ3) is 5.52. The van der Waals surface area contributed by atoms with Gasteiger partial charge in [0, 0.05) is 12.6 Å². The Bertz CT molecular complexity index is 307. The summed E-state index contributed by atoms with van der Waals surface area (Å²) in [5, 5.41) is 12.4. The number of rotatable bonds is 9. The third-order valence-electron chi connectivity index (χ3n) is 3.00. The van der Waals surface area contributed by atoms with E-state index in [2.05, 4.69) is 31.3 Å². The molecule has 0 saturated carbocycles. The van der Waals surface area contributed by atoms with Crippen molar-refractivity contribution < 1.29 is 9.84 Å². The van der Waals surface area contributed by atoms with Crippen LogP contribution in [0, 0.1) is 0 Å². The van der Waals surface area contributed by atoms with Crippen LogP contribution in [0.5, 0.6) is 5.75 Å². The lowest BCUT2D eigenvalue weighted by molar-refractivity contribution is 0.238. The molecule has 2 N–H and O–H groups in total. The van der Waals surface area contributed by atoms with Gasteiger partial charge in [0.2, 0.25) is 0 Å². The van der Waals surface area contributed by atoms with E-state index in [4.69, 9.17) is 9.84 Å². The van der Waals surface area contributed by atoms with Crippen LogP contribution in [0.2, 0.25) is 0 Å². The summed E-state index contributed by atoms with van der Waals surface area (Å²) in [6, 6.07) is 8.33. The number of unbranched alkanes of at least 4 members (excludes halogenated alkanes) is 1. The molecule has 0 aliphatic carbocycles. The molecule has 0 aromatic heterocycles. The predicted octanol–water partition coefficient (Wildman–Crippen LogP) is 2.73. The molecule has 0 saturated heterocycles. The first-order chi connectivity index (χ1) is 8.80. The molecule has 0 spiro atoms. The maximum absolute atomic E-state index is 9.09. The van der Waals surface area contributed by atoms with Gasteiger partial charge in [0.1, 0.15) is 5.75 Å². The van der Waals surface area contributed by atoms with E-state index < -0.39 is 0 Å². The van der Waals surface area contributed by atoms with Crippen molar-refractivity contribution in [2.24, 2.45) is 0 Å². The molecule has 18 heavy (non-hydrogen) atoms. The van der Waals surface area contributed by atoms with Gasteiger partial charge in [-0.15, -0.1) is 0 Å². The zero-order valence-electron chi connectivity index (χ0n) is 11.5. The lowest BCUT2D eigenvalue weighted by Gasteiger charge is -2.14. The number of hydrogen-bond acceptors (Lipinski definition) is 3. The SMILES string of the molecule is CCCCOc1ccc(CNC(CC)CO)cc1. The summed E-state index contributed by atoms with van der Waals surface area (Å²) in [6.07, 6.45) is 3.19. The molecule has 0 fully saturated rings. The van der Waals surface area contributed by atoms with Crippen LogP contribution in [-0.2, 0) is 6.54 Å². The van der Waals surface area contributed by atoms with Gasteiger partial charge in [-0.2, -0.15) is 0 Å². The highest BCUT2D eigenvalue weighted by atomic mass is 16.5. The average Bonchev–Trinajstić information content (AvgIpc) is 2.42. The minimum atomic E-state index is 0.186. The van der Waals surface area contributed by atoms with Crippen LogP contribution in [0.4, 0.5) is 0 Å². The van der Waals surface area contributed by atoms with E-state index in [1.54, 1.807) is 0 Å². The van der Waals surface area contributed by atoms with Crippen LogP contribution in [0.15, 0.2) is 24.3 Å². The van der Waals surface area contributed by atoms with Gasteiger partial charge >= 0.3 is 0 Å². The molecule has 0 radical (unpaired) electrons. The van der Waals surface area contributed by atoms with Crippen LogP contribution < -0.4 is 10.1 Å². The summed E-state index contributed by atoms with van der Waals surface area (Å²) in [7, 11) is 0. The second-order valence-corrected chi connectivity index (χ2v) is 4.51. The van der Waals surface area contributed by atoms with Crippen molar-refractivity contribution in [3.63, 3.8) is 0 Å². The summed E-state index contributed by atoms with van der Waals surface area (Å²) in [6.45, 7) is 5.99. The van der Waals surface area contributed by atoms with Gasteiger partial charge in [0.25, 0.3) is 0 Å². The Morgan fingerprint density at radius 1 is 1.22 bits per heavy atom. The zero-order chi connectivity index (χ0) is 13.2. The molecule has 1 aromatic rings. The summed E-state index contributed by atoms with van der Waals surface area (Å²) < 4.78 is 5.61. The second kappa shape index (κ2) is 8.95. The molecule has 0 aliphatic heterocycles. The van der Waals surface area contributed by atoms with E-state index in [-0.39, 0.29) is 12.6 Å². The van der Waals surface area contributed by atoms with Crippen molar-refractivity contribution in [3.8, 4) is 5.75 Å². The number of ether oxygens (including phenoxy) is 1. The molecule has 0 bridgehead atoms. The van der Waals surface area contributed by atoms with Crippen LogP contribution in [0.1, 0.15) is 38.7 Å². The van der Waals surface area contributed by atoms with Gasteiger partial charge in [-0.1, -0.05) is 32.4 Å². The van der Waals surface area contributed by atoms with E-state index in [9.17, 15) is 0 Å². The minimum Gasteiger partial charge on any atom is -0.494 e. The zero-order valence-corrected chi connectivity index (χ0v) is 11.5. The van der Waals surface area contributed by atoms with Gasteiger partial charge in [-0.25, -0.2) is 0 Å². The third-order valence-corrected chi connectivity index (χ3v) is 3.00. The highest BCUT2D eigenvalue weighted by Crippen LogP contribution is 2.12. The topological polar surface area (TPSA) is 41.5 Å². The highest BCUT2D eigenvalue weighted by molar-refractivity contribution is 5.27. The quantitative estimate of drug-likeness (QED) is 0.663. The summed E-state index contributed by atoms with van der Waals surface area (Å²) in [4.78, 5) is 0. The van der Waals surface area contributed by atoms with Crippen LogP contribution >= 0.6 is 0 Å². The maximum Gasteiger partial charge on any atom is 0.119 e. The van der Waals surface area contributed by atoms with E-state index in [0.29, 0.717) is 0 Å². The fourth-order valence-corrected chi connectivity index (χ4v) is 1.64. The number of hydrogen-bond donors (Lipinski definition) is 2. The summed E-state index contributed by atoms with van der Waals surface area (Å²) in [5.41, 5.74) is 1.21. The first kappa shape index (κ1) is 15.0. The van der Waals surface area contributed by atoms with Crippen molar-refractivity contribution >= 4 is 0 Å². The number of benzene rings is 1. The van der Waals surface area contributed by atoms with Gasteiger partial charge in [0.05, 0.1) is 13.2 Å². The molecule has 0 amide bonds. The van der Waals surface area contributed by atoms with Gasteiger partial charge in [-0.05, 0) is 30.5 Å². The standard InChI is InChI=1S/C15H25NO2/c1-3-5-10-18-15-8-6-13(7-9-15)11-16-14(4-2)12-17/h6-9,14,16-17H,3-5,10-12H2,1-2H3. The summed E-state index contributed by atoms with van der Waals surface area (Å²) in [5.74, 6) is 0.932. The Morgan fingerprint density at radius 2 is 1.94 bits per heavy atom. The lowest BCUT2D eigenvalue weighted by atomic mass is 10.2. The molecule has 1 atom stereocenters. The van der Waals surface area contributed by atoms with Gasteiger partial charge in [0.15, 0.2) is 0 Å². The predicted molar refractivity (Wildman–Crippen MR) is 74.8 cm³/mol. The first-order valence-corrected chi connectivity index (χ1v) is 6.86. The molecular formula is C15H25NO2. The molecule has 1 unspecified atom stereocenters. The molecule has 0 aliphatic rings. The highest BCUT2D eigenvalue weighted by Gasteiger charge is 2.03.